The van der Waals surface area contributed by atoms with Crippen LogP contribution in [-0.4, -0.2) is 26.8 Å². The van der Waals surface area contributed by atoms with E-state index < -0.39 is 0 Å². The van der Waals surface area contributed by atoms with Crippen molar-refractivity contribution in [2.75, 3.05) is 5.75 Å². The van der Waals surface area contributed by atoms with Gasteiger partial charge in [0.1, 0.15) is 0 Å². The van der Waals surface area contributed by atoms with Gasteiger partial charge in [-0.1, -0.05) is 11.8 Å². The summed E-state index contributed by atoms with van der Waals surface area (Å²) in [5.41, 5.74) is 2.51. The lowest BCUT2D eigenvalue weighted by atomic mass is 9.53. The SMILES string of the molecule is Cc1nc(SCC(=O)NC23CC4CC(CC(C4)C2)C3)n(C2CC2)c1C. The molecule has 0 aromatic carbocycles. The van der Waals surface area contributed by atoms with Gasteiger partial charge in [-0.25, -0.2) is 4.98 Å². The lowest BCUT2D eigenvalue weighted by Gasteiger charge is -2.56. The molecule has 136 valence electrons. The minimum absolute atomic E-state index is 0.129. The first-order chi connectivity index (χ1) is 12.0. The number of hydrogen-bond acceptors (Lipinski definition) is 3. The van der Waals surface area contributed by atoms with E-state index in [0.717, 1.165) is 28.6 Å². The fourth-order valence-electron chi connectivity index (χ4n) is 6.19. The van der Waals surface area contributed by atoms with Gasteiger partial charge >= 0.3 is 0 Å². The first kappa shape index (κ1) is 16.2. The highest BCUT2D eigenvalue weighted by Gasteiger charge is 2.51. The van der Waals surface area contributed by atoms with E-state index in [-0.39, 0.29) is 11.4 Å². The third kappa shape index (κ3) is 2.92. The molecule has 4 bridgehead atoms. The fraction of sp³-hybridized carbons (Fsp3) is 0.800. The molecule has 4 nitrogen and oxygen atoms in total. The zero-order valence-corrected chi connectivity index (χ0v) is 16.2. The molecule has 0 saturated heterocycles. The van der Waals surface area contributed by atoms with Gasteiger partial charge in [0.15, 0.2) is 5.16 Å². The molecule has 1 N–H and O–H groups in total. The molecule has 0 unspecified atom stereocenters. The number of imidazole rings is 1. The van der Waals surface area contributed by atoms with E-state index in [2.05, 4.69) is 23.7 Å². The minimum atomic E-state index is 0.129. The summed E-state index contributed by atoms with van der Waals surface area (Å²) in [4.78, 5) is 17.4. The van der Waals surface area contributed by atoms with Crippen molar-refractivity contribution in [2.45, 2.75) is 82.0 Å². The van der Waals surface area contributed by atoms with Crippen LogP contribution in [0.15, 0.2) is 5.16 Å². The minimum Gasteiger partial charge on any atom is -0.350 e. The standard InChI is InChI=1S/C20H29N3OS/c1-12-13(2)23(17-3-4-17)19(21-12)25-11-18(24)22-20-8-14-5-15(9-20)7-16(6-14)10-20/h14-17H,3-11H2,1-2H3,(H,22,24). The maximum atomic E-state index is 12.7. The van der Waals surface area contributed by atoms with Gasteiger partial charge < -0.3 is 9.88 Å². The molecule has 1 heterocycles. The molecule has 5 heteroatoms. The summed E-state index contributed by atoms with van der Waals surface area (Å²) in [6.07, 6.45) is 10.4. The van der Waals surface area contributed by atoms with E-state index in [4.69, 9.17) is 4.98 Å². The van der Waals surface area contributed by atoms with Crippen LogP contribution in [0.4, 0.5) is 0 Å². The third-order valence-corrected chi connectivity index (χ3v) is 7.99. The first-order valence-electron chi connectivity index (χ1n) is 10.0. The molecule has 5 aliphatic carbocycles. The number of hydrogen-bond donors (Lipinski definition) is 1. The van der Waals surface area contributed by atoms with Gasteiger partial charge in [0.25, 0.3) is 0 Å². The monoisotopic (exact) mass is 359 g/mol. The zero-order chi connectivity index (χ0) is 17.2. The van der Waals surface area contributed by atoms with E-state index in [0.29, 0.717) is 11.8 Å². The van der Waals surface area contributed by atoms with Gasteiger partial charge in [-0.05, 0) is 83.0 Å². The smallest absolute Gasteiger partial charge is 0.230 e. The number of carbonyl (C=O) groups is 1. The van der Waals surface area contributed by atoms with Crippen molar-refractivity contribution in [3.8, 4) is 0 Å². The van der Waals surface area contributed by atoms with Crippen molar-refractivity contribution < 1.29 is 4.79 Å². The molecule has 0 aliphatic heterocycles. The number of nitrogens with one attached hydrogen (secondary N) is 1. The predicted molar refractivity (Wildman–Crippen MR) is 99.7 cm³/mol. The summed E-state index contributed by atoms with van der Waals surface area (Å²) in [6, 6.07) is 0.620. The molecule has 25 heavy (non-hydrogen) atoms. The highest BCUT2D eigenvalue weighted by atomic mass is 32.2. The van der Waals surface area contributed by atoms with E-state index in [1.54, 1.807) is 11.8 Å². The van der Waals surface area contributed by atoms with Crippen molar-refractivity contribution in [2.24, 2.45) is 17.8 Å². The molecule has 5 aliphatic rings. The molecule has 6 rings (SSSR count). The Morgan fingerprint density at radius 2 is 1.76 bits per heavy atom. The number of aryl methyl sites for hydroxylation is 1. The Labute approximate surface area is 154 Å². The second-order valence-corrected chi connectivity index (χ2v) is 10.1. The summed E-state index contributed by atoms with van der Waals surface area (Å²) >= 11 is 1.63. The second-order valence-electron chi connectivity index (χ2n) is 9.20. The van der Waals surface area contributed by atoms with Gasteiger partial charge in [-0.3, -0.25) is 4.79 Å². The molecule has 1 aromatic heterocycles. The Kier molecular flexibility index (Phi) is 3.74. The van der Waals surface area contributed by atoms with Crippen LogP contribution in [0.3, 0.4) is 0 Å². The Balaban J connectivity index is 1.24. The number of aromatic nitrogens is 2. The number of rotatable bonds is 5. The van der Waals surface area contributed by atoms with Crippen LogP contribution >= 0.6 is 11.8 Å². The van der Waals surface area contributed by atoms with Gasteiger partial charge in [0, 0.05) is 17.3 Å². The van der Waals surface area contributed by atoms with Crippen LogP contribution in [0, 0.1) is 31.6 Å². The van der Waals surface area contributed by atoms with Crippen molar-refractivity contribution in [3.63, 3.8) is 0 Å². The summed E-state index contributed by atoms with van der Waals surface area (Å²) < 4.78 is 2.36. The quantitative estimate of drug-likeness (QED) is 0.808. The molecule has 1 amide bonds. The molecule has 5 fully saturated rings. The second kappa shape index (κ2) is 5.77. The topological polar surface area (TPSA) is 46.9 Å². The number of thioether (sulfide) groups is 1. The Hall–Kier alpha value is -0.970. The molecule has 0 radical (unpaired) electrons. The maximum Gasteiger partial charge on any atom is 0.230 e. The van der Waals surface area contributed by atoms with Crippen LogP contribution in [0.1, 0.15) is 68.8 Å². The first-order valence-corrected chi connectivity index (χ1v) is 11.0. The van der Waals surface area contributed by atoms with Crippen LogP contribution in [0.25, 0.3) is 0 Å². The van der Waals surface area contributed by atoms with Crippen molar-refractivity contribution >= 4 is 17.7 Å². The average molecular weight is 360 g/mol. The fourth-order valence-corrected chi connectivity index (χ4v) is 7.15. The third-order valence-electron chi connectivity index (χ3n) is 7.04. The van der Waals surface area contributed by atoms with E-state index >= 15 is 0 Å². The van der Waals surface area contributed by atoms with Crippen LogP contribution in [0.5, 0.6) is 0 Å². The Morgan fingerprint density at radius 3 is 2.32 bits per heavy atom. The highest BCUT2D eigenvalue weighted by Crippen LogP contribution is 2.55. The average Bonchev–Trinajstić information content (AvgIpc) is 3.31. The summed E-state index contributed by atoms with van der Waals surface area (Å²) in [5.74, 6) is 3.34. The highest BCUT2D eigenvalue weighted by molar-refractivity contribution is 7.99. The van der Waals surface area contributed by atoms with Gasteiger partial charge in [0.05, 0.1) is 11.4 Å². The number of amides is 1. The molecule has 1 aromatic rings. The molecular weight excluding hydrogens is 330 g/mol. The summed E-state index contributed by atoms with van der Waals surface area (Å²) in [6.45, 7) is 4.23. The molecule has 0 atom stereocenters. The summed E-state index contributed by atoms with van der Waals surface area (Å²) in [7, 11) is 0. The Bertz CT molecular complexity index is 671. The van der Waals surface area contributed by atoms with E-state index in [1.807, 2.05) is 0 Å². The predicted octanol–water partition coefficient (Wildman–Crippen LogP) is 4.01. The zero-order valence-electron chi connectivity index (χ0n) is 15.4. The summed E-state index contributed by atoms with van der Waals surface area (Å²) in [5, 5.41) is 4.52. The number of carbonyl (C=O) groups excluding carboxylic acids is 1. The molecule has 5 saturated carbocycles. The lowest BCUT2D eigenvalue weighted by molar-refractivity contribution is -0.124. The van der Waals surface area contributed by atoms with E-state index in [9.17, 15) is 4.79 Å². The lowest BCUT2D eigenvalue weighted by Crippen LogP contribution is -2.60. The normalized spacial score (nSPS) is 36.0. The van der Waals surface area contributed by atoms with Crippen molar-refractivity contribution in [1.82, 2.24) is 14.9 Å². The largest absolute Gasteiger partial charge is 0.350 e. The van der Waals surface area contributed by atoms with Gasteiger partial charge in [-0.2, -0.15) is 0 Å². The Morgan fingerprint density at radius 1 is 1.16 bits per heavy atom. The molecule has 0 spiro atoms. The van der Waals surface area contributed by atoms with Crippen LogP contribution in [-0.2, 0) is 4.79 Å². The van der Waals surface area contributed by atoms with Crippen LogP contribution < -0.4 is 5.32 Å². The van der Waals surface area contributed by atoms with Gasteiger partial charge in [0.2, 0.25) is 5.91 Å². The van der Waals surface area contributed by atoms with Crippen molar-refractivity contribution in [1.29, 1.82) is 0 Å². The van der Waals surface area contributed by atoms with Crippen LogP contribution in [0.2, 0.25) is 0 Å². The maximum absolute atomic E-state index is 12.7. The molecular formula is C20H29N3OS. The van der Waals surface area contributed by atoms with Gasteiger partial charge in [-0.15, -0.1) is 0 Å². The van der Waals surface area contributed by atoms with E-state index in [1.165, 1.54) is 57.1 Å². The number of nitrogens with zero attached hydrogens (tertiary/aromatic N) is 2. The van der Waals surface area contributed by atoms with Crippen molar-refractivity contribution in [3.05, 3.63) is 11.4 Å².